The standard InChI is InChI=1S/C42H56N2O10/c1-10-51-33(46)27-19-23(2)43-44(27)31-12-13-39(6)30(42(31,9)35(49)52-22-29-24(3)53-36(50)54-29)11-14-41(8)32(39)28(45)20-25-26-21-38(5,34(47)48)16-15-37(26,4)17-18-40(25,41)7/h19-20,26,30-32H,10-18,21-22H2,1-9H3,(H,47,48)/t26-,30+,31-,32+,37+,38-,39-,40+,41+,42-/m0/s1. The van der Waals surface area contributed by atoms with Gasteiger partial charge in [0.15, 0.2) is 23.9 Å². The maximum atomic E-state index is 15.0. The van der Waals surface area contributed by atoms with Gasteiger partial charge in [-0.25, -0.2) is 9.59 Å². The van der Waals surface area contributed by atoms with Crippen LogP contribution in [0.4, 0.5) is 0 Å². The molecule has 10 atom stereocenters. The number of rotatable bonds is 7. The number of nitrogens with zero attached hydrogens (tertiary/aromatic N) is 2. The highest BCUT2D eigenvalue weighted by Gasteiger charge is 2.72. The van der Waals surface area contributed by atoms with E-state index in [0.717, 1.165) is 24.8 Å². The third-order valence-electron chi connectivity index (χ3n) is 16.0. The molecule has 0 saturated heterocycles. The van der Waals surface area contributed by atoms with Gasteiger partial charge in [-0.05, 0) is 138 Å². The molecule has 5 aliphatic carbocycles. The minimum absolute atomic E-state index is 0.00915. The molecular weight excluding hydrogens is 692 g/mol. The summed E-state index contributed by atoms with van der Waals surface area (Å²) in [5, 5.41) is 15.1. The molecule has 5 aliphatic rings. The maximum absolute atomic E-state index is 15.0. The number of ether oxygens (including phenoxy) is 2. The number of carbonyl (C=O) groups excluding carboxylic acids is 3. The predicted molar refractivity (Wildman–Crippen MR) is 195 cm³/mol. The Labute approximate surface area is 316 Å². The van der Waals surface area contributed by atoms with Gasteiger partial charge in [-0.3, -0.25) is 19.1 Å². The smallest absolute Gasteiger partial charge is 0.481 e. The van der Waals surface area contributed by atoms with Crippen LogP contribution < -0.4 is 5.82 Å². The van der Waals surface area contributed by atoms with Crippen LogP contribution in [0.3, 0.4) is 0 Å². The number of hydrogen-bond donors (Lipinski definition) is 1. The number of aromatic nitrogens is 2. The number of ketones is 1. The van der Waals surface area contributed by atoms with E-state index in [9.17, 15) is 24.3 Å². The quantitative estimate of drug-likeness (QED) is 0.278. The van der Waals surface area contributed by atoms with Crippen molar-refractivity contribution in [3.05, 3.63) is 51.2 Å². The van der Waals surface area contributed by atoms with Crippen LogP contribution in [0.15, 0.2) is 31.3 Å². The molecule has 2 aromatic rings. The van der Waals surface area contributed by atoms with Crippen molar-refractivity contribution in [2.75, 3.05) is 6.61 Å². The summed E-state index contributed by atoms with van der Waals surface area (Å²) in [7, 11) is 0. The fourth-order valence-corrected chi connectivity index (χ4v) is 12.6. The number of allylic oxidation sites excluding steroid dienone is 2. The van der Waals surface area contributed by atoms with Gasteiger partial charge in [0.05, 0.1) is 29.2 Å². The van der Waals surface area contributed by atoms with Gasteiger partial charge < -0.3 is 23.4 Å². The SMILES string of the molecule is CCOC(=O)c1cc(C)nn1[C@H]1CC[C@@]2(C)[C@@H](CC[C@]3(C)[C@@H]2C(=O)C=C2[C@@H]4C[C@@](C)(C(=O)O)CC[C@]4(C)CC[C@]23C)[C@]1(C)C(=O)OCc1oc(=O)oc1C. The summed E-state index contributed by atoms with van der Waals surface area (Å²) in [6.45, 7) is 17.7. The number of hydrogen-bond acceptors (Lipinski definition) is 10. The Bertz CT molecular complexity index is 2010. The van der Waals surface area contributed by atoms with Crippen LogP contribution in [-0.4, -0.2) is 45.2 Å². The van der Waals surface area contributed by atoms with Crippen molar-refractivity contribution in [2.24, 2.45) is 50.2 Å². The van der Waals surface area contributed by atoms with E-state index in [2.05, 4.69) is 27.7 Å². The van der Waals surface area contributed by atoms with E-state index in [1.54, 1.807) is 31.5 Å². The van der Waals surface area contributed by atoms with Crippen LogP contribution in [0.1, 0.15) is 140 Å². The summed E-state index contributed by atoms with van der Waals surface area (Å²) in [5.74, 6) is -3.12. The molecule has 294 valence electrons. The highest BCUT2D eigenvalue weighted by Crippen LogP contribution is 2.76. The van der Waals surface area contributed by atoms with Crippen molar-refractivity contribution >= 4 is 23.7 Å². The maximum Gasteiger partial charge on any atom is 0.519 e. The molecule has 54 heavy (non-hydrogen) atoms. The molecule has 2 aromatic heterocycles. The van der Waals surface area contributed by atoms with Crippen molar-refractivity contribution in [1.29, 1.82) is 0 Å². The first-order valence-corrected chi connectivity index (χ1v) is 19.7. The van der Waals surface area contributed by atoms with Crippen molar-refractivity contribution in [3.63, 3.8) is 0 Å². The summed E-state index contributed by atoms with van der Waals surface area (Å²) < 4.78 is 23.3. The van der Waals surface area contributed by atoms with Crippen LogP contribution in [0.25, 0.3) is 0 Å². The number of carboxylic acid groups (broad SMARTS) is 1. The zero-order valence-corrected chi connectivity index (χ0v) is 33.3. The summed E-state index contributed by atoms with van der Waals surface area (Å²) in [4.78, 5) is 67.6. The Balaban J connectivity index is 1.32. The van der Waals surface area contributed by atoms with Crippen LogP contribution in [-0.2, 0) is 30.5 Å². The molecule has 0 aromatic carbocycles. The number of esters is 2. The molecule has 4 fully saturated rings. The topological polar surface area (TPSA) is 168 Å². The molecule has 4 saturated carbocycles. The first kappa shape index (κ1) is 38.3. The van der Waals surface area contributed by atoms with Crippen LogP contribution in [0.2, 0.25) is 0 Å². The van der Waals surface area contributed by atoms with Crippen molar-refractivity contribution in [1.82, 2.24) is 9.78 Å². The molecule has 7 rings (SSSR count). The van der Waals surface area contributed by atoms with Gasteiger partial charge in [-0.15, -0.1) is 0 Å². The molecule has 12 heteroatoms. The zero-order valence-electron chi connectivity index (χ0n) is 33.3. The van der Waals surface area contributed by atoms with E-state index in [4.69, 9.17) is 23.4 Å². The Hall–Kier alpha value is -3.96. The highest BCUT2D eigenvalue weighted by molar-refractivity contribution is 5.96. The lowest BCUT2D eigenvalue weighted by atomic mass is 9.33. The lowest BCUT2D eigenvalue weighted by Crippen LogP contribution is -2.67. The second kappa shape index (κ2) is 12.5. The third-order valence-corrected chi connectivity index (χ3v) is 16.0. The van der Waals surface area contributed by atoms with Crippen LogP contribution in [0, 0.1) is 64.1 Å². The third kappa shape index (κ3) is 5.27. The first-order valence-electron chi connectivity index (χ1n) is 19.7. The van der Waals surface area contributed by atoms with Crippen molar-refractivity contribution < 1.29 is 42.6 Å². The normalized spacial score (nSPS) is 40.0. The Morgan fingerprint density at radius 3 is 2.30 bits per heavy atom. The van der Waals surface area contributed by atoms with E-state index >= 15 is 4.79 Å². The van der Waals surface area contributed by atoms with Crippen molar-refractivity contribution in [3.8, 4) is 0 Å². The van der Waals surface area contributed by atoms with Gasteiger partial charge in [0.1, 0.15) is 5.69 Å². The van der Waals surface area contributed by atoms with Crippen molar-refractivity contribution in [2.45, 2.75) is 133 Å². The summed E-state index contributed by atoms with van der Waals surface area (Å²) >= 11 is 0. The molecule has 0 aliphatic heterocycles. The van der Waals surface area contributed by atoms with E-state index in [0.29, 0.717) is 44.2 Å². The van der Waals surface area contributed by atoms with E-state index < -0.39 is 57.4 Å². The first-order chi connectivity index (χ1) is 25.2. The molecule has 0 amide bonds. The number of carbonyl (C=O) groups is 4. The zero-order chi connectivity index (χ0) is 39.4. The van der Waals surface area contributed by atoms with Gasteiger partial charge in [-0.1, -0.05) is 33.3 Å². The highest BCUT2D eigenvalue weighted by atomic mass is 16.6. The molecule has 0 radical (unpaired) electrons. The number of carboxylic acids is 1. The summed E-state index contributed by atoms with van der Waals surface area (Å²) in [6, 6.07) is 1.07. The monoisotopic (exact) mass is 748 g/mol. The van der Waals surface area contributed by atoms with Gasteiger partial charge in [0.25, 0.3) is 0 Å². The Morgan fingerprint density at radius 2 is 1.65 bits per heavy atom. The van der Waals surface area contributed by atoms with E-state index in [1.807, 2.05) is 19.9 Å². The number of aliphatic carboxylic acids is 1. The average Bonchev–Trinajstić information content (AvgIpc) is 3.64. The largest absolute Gasteiger partial charge is 0.519 e. The summed E-state index contributed by atoms with van der Waals surface area (Å²) in [5.41, 5.74) is -1.66. The molecule has 12 nitrogen and oxygen atoms in total. The van der Waals surface area contributed by atoms with Crippen LogP contribution >= 0.6 is 0 Å². The van der Waals surface area contributed by atoms with E-state index in [1.165, 1.54) is 0 Å². The molecule has 0 spiro atoms. The molecule has 1 N–H and O–H groups in total. The van der Waals surface area contributed by atoms with Crippen LogP contribution in [0.5, 0.6) is 0 Å². The van der Waals surface area contributed by atoms with Gasteiger partial charge >= 0.3 is 23.7 Å². The molecule has 0 unspecified atom stereocenters. The second-order valence-corrected chi connectivity index (χ2v) is 18.7. The van der Waals surface area contributed by atoms with E-state index in [-0.39, 0.29) is 58.9 Å². The van der Waals surface area contributed by atoms with Gasteiger partial charge in [-0.2, -0.15) is 5.10 Å². The fraction of sp³-hybridized carbons (Fsp3) is 0.714. The lowest BCUT2D eigenvalue weighted by molar-refractivity contribution is -0.209. The molecular formula is C42H56N2O10. The second-order valence-electron chi connectivity index (χ2n) is 18.7. The predicted octanol–water partition coefficient (Wildman–Crippen LogP) is 7.55. The van der Waals surface area contributed by atoms with Gasteiger partial charge in [0, 0.05) is 5.92 Å². The Morgan fingerprint density at radius 1 is 0.944 bits per heavy atom. The average molecular weight is 749 g/mol. The summed E-state index contributed by atoms with van der Waals surface area (Å²) in [6.07, 6.45) is 8.05. The van der Waals surface area contributed by atoms with Gasteiger partial charge in [0.2, 0.25) is 0 Å². The molecule has 0 bridgehead atoms. The Kier molecular flexibility index (Phi) is 8.89. The minimum atomic E-state index is -1.27. The lowest BCUT2D eigenvalue weighted by Gasteiger charge is -2.70. The fourth-order valence-electron chi connectivity index (χ4n) is 12.6. The molecule has 2 heterocycles. The number of aryl methyl sites for hydroxylation is 2. The number of fused-ring (bicyclic) bond motifs is 7. The minimum Gasteiger partial charge on any atom is -0.481 e.